The molecule has 2 N–H and O–H groups in total. The van der Waals surface area contributed by atoms with Crippen molar-refractivity contribution >= 4 is 27.5 Å². The van der Waals surface area contributed by atoms with Crippen molar-refractivity contribution in [2.24, 2.45) is 0 Å². The van der Waals surface area contributed by atoms with Crippen LogP contribution in [0.3, 0.4) is 0 Å². The molecule has 0 atom stereocenters. The van der Waals surface area contributed by atoms with Crippen molar-refractivity contribution in [1.29, 1.82) is 0 Å². The van der Waals surface area contributed by atoms with E-state index in [1.54, 1.807) is 0 Å². The molecule has 186 valence electrons. The van der Waals surface area contributed by atoms with Crippen molar-refractivity contribution in [3.63, 3.8) is 0 Å². The van der Waals surface area contributed by atoms with E-state index in [9.17, 15) is 0 Å². The van der Waals surface area contributed by atoms with Crippen molar-refractivity contribution in [2.75, 3.05) is 5.73 Å². The molecule has 3 nitrogen and oxygen atoms in total. The molecule has 39 heavy (non-hydrogen) atoms. The predicted octanol–water partition coefficient (Wildman–Crippen LogP) is 8.69. The van der Waals surface area contributed by atoms with Crippen molar-refractivity contribution < 1.29 is 0 Å². The average Bonchev–Trinajstić information content (AvgIpc) is 3.33. The largest absolute Gasteiger partial charge is 0.399 e. The summed E-state index contributed by atoms with van der Waals surface area (Å²) in [5.41, 5.74) is 17.5. The number of pyridine rings is 1. The van der Waals surface area contributed by atoms with E-state index in [0.717, 1.165) is 23.3 Å². The highest BCUT2D eigenvalue weighted by molar-refractivity contribution is 6.08. The molecule has 0 radical (unpaired) electrons. The first-order chi connectivity index (χ1) is 19.2. The van der Waals surface area contributed by atoms with E-state index in [-0.39, 0.29) is 0 Å². The van der Waals surface area contributed by atoms with Crippen LogP contribution in [0.2, 0.25) is 0 Å². The van der Waals surface area contributed by atoms with Gasteiger partial charge in [0.2, 0.25) is 0 Å². The molecule has 0 aliphatic rings. The van der Waals surface area contributed by atoms with E-state index in [0.29, 0.717) is 0 Å². The Labute approximate surface area is 227 Å². The topological polar surface area (TPSA) is 43.8 Å². The molecule has 0 spiro atoms. The summed E-state index contributed by atoms with van der Waals surface area (Å²) in [4.78, 5) is 4.39. The lowest BCUT2D eigenvalue weighted by Gasteiger charge is -2.10. The Bertz CT molecular complexity index is 1840. The van der Waals surface area contributed by atoms with Crippen LogP contribution in [0, 0.1) is 0 Å². The van der Waals surface area contributed by atoms with Crippen LogP contribution >= 0.6 is 0 Å². The third-order valence-electron chi connectivity index (χ3n) is 7.50. The lowest BCUT2D eigenvalue weighted by atomic mass is 9.98. The molecule has 7 rings (SSSR count). The first kappa shape index (κ1) is 23.0. The van der Waals surface area contributed by atoms with Gasteiger partial charge in [-0.15, -0.1) is 0 Å². The van der Waals surface area contributed by atoms with Gasteiger partial charge in [-0.2, -0.15) is 0 Å². The third-order valence-corrected chi connectivity index (χ3v) is 7.50. The SMILES string of the molecule is Nc1ccc(-c2ccc(Cc3ccc(-c4ccc(-n5c6ccccc6c6ccncc65)cc4)cc3)cc2)cc1. The van der Waals surface area contributed by atoms with Crippen LogP contribution in [-0.4, -0.2) is 9.55 Å². The summed E-state index contributed by atoms with van der Waals surface area (Å²) in [5, 5.41) is 2.47. The van der Waals surface area contributed by atoms with Gasteiger partial charge in [0.15, 0.2) is 0 Å². The third kappa shape index (κ3) is 4.34. The first-order valence-corrected chi connectivity index (χ1v) is 13.2. The number of rotatable bonds is 5. The van der Waals surface area contributed by atoms with Crippen LogP contribution in [0.4, 0.5) is 5.69 Å². The summed E-state index contributed by atoms with van der Waals surface area (Å²) < 4.78 is 2.29. The maximum atomic E-state index is 5.82. The molecule has 2 heterocycles. The first-order valence-electron chi connectivity index (χ1n) is 13.2. The van der Waals surface area contributed by atoms with Gasteiger partial charge < -0.3 is 10.3 Å². The zero-order valence-electron chi connectivity index (χ0n) is 21.5. The van der Waals surface area contributed by atoms with Gasteiger partial charge in [-0.1, -0.05) is 91.0 Å². The molecule has 0 saturated carbocycles. The van der Waals surface area contributed by atoms with E-state index in [1.807, 2.05) is 24.5 Å². The Morgan fingerprint density at radius 2 is 1.03 bits per heavy atom. The number of nitrogen functional groups attached to an aromatic ring is 1. The summed E-state index contributed by atoms with van der Waals surface area (Å²) in [6.45, 7) is 0. The zero-order valence-corrected chi connectivity index (χ0v) is 21.5. The smallest absolute Gasteiger partial charge is 0.0724 e. The van der Waals surface area contributed by atoms with Crippen LogP contribution in [0.5, 0.6) is 0 Å². The highest BCUT2D eigenvalue weighted by Gasteiger charge is 2.12. The van der Waals surface area contributed by atoms with E-state index >= 15 is 0 Å². The van der Waals surface area contributed by atoms with Crippen molar-refractivity contribution in [2.45, 2.75) is 6.42 Å². The van der Waals surface area contributed by atoms with Gasteiger partial charge >= 0.3 is 0 Å². The Morgan fingerprint density at radius 3 is 1.64 bits per heavy atom. The van der Waals surface area contributed by atoms with E-state index < -0.39 is 0 Å². The highest BCUT2D eigenvalue weighted by atomic mass is 15.0. The summed E-state index contributed by atoms with van der Waals surface area (Å²) in [6, 6.07) is 45.2. The Hall–Kier alpha value is -5.15. The van der Waals surface area contributed by atoms with Crippen molar-refractivity contribution in [3.05, 3.63) is 151 Å². The molecule has 0 bridgehead atoms. The summed E-state index contributed by atoms with van der Waals surface area (Å²) in [7, 11) is 0. The molecule has 2 aromatic heterocycles. The van der Waals surface area contributed by atoms with Crippen LogP contribution in [0.15, 0.2) is 140 Å². The fourth-order valence-corrected chi connectivity index (χ4v) is 5.44. The van der Waals surface area contributed by atoms with E-state index in [1.165, 1.54) is 49.7 Å². The maximum absolute atomic E-state index is 5.82. The number of benzene rings is 5. The van der Waals surface area contributed by atoms with Gasteiger partial charge in [-0.05, 0) is 76.2 Å². The predicted molar refractivity (Wildman–Crippen MR) is 163 cm³/mol. The Kier molecular flexibility index (Phi) is 5.68. The van der Waals surface area contributed by atoms with Crippen molar-refractivity contribution in [1.82, 2.24) is 9.55 Å². The number of hydrogen-bond donors (Lipinski definition) is 1. The summed E-state index contributed by atoms with van der Waals surface area (Å²) >= 11 is 0. The van der Waals surface area contributed by atoms with Crippen LogP contribution in [0.25, 0.3) is 49.7 Å². The lowest BCUT2D eigenvalue weighted by Crippen LogP contribution is -1.94. The standard InChI is InChI=1S/C36H27N3/c37-31-17-13-29(14-18-31)27-9-5-25(6-10-27)23-26-7-11-28(12-8-26)30-15-19-32(20-16-30)39-35-4-2-1-3-33(35)34-21-22-38-24-36(34)39/h1-22,24H,23,37H2. The second-order valence-electron chi connectivity index (χ2n) is 9.98. The quantitative estimate of drug-likeness (QED) is 0.240. The summed E-state index contributed by atoms with van der Waals surface area (Å²) in [6.07, 6.45) is 4.72. The number of aromatic nitrogens is 2. The van der Waals surface area contributed by atoms with Crippen LogP contribution in [0.1, 0.15) is 11.1 Å². The molecular weight excluding hydrogens is 474 g/mol. The highest BCUT2D eigenvalue weighted by Crippen LogP contribution is 2.32. The van der Waals surface area contributed by atoms with E-state index in [2.05, 4.69) is 125 Å². The molecule has 5 aromatic carbocycles. The second kappa shape index (κ2) is 9.62. The average molecular weight is 502 g/mol. The molecular formula is C36H27N3. The van der Waals surface area contributed by atoms with Gasteiger partial charge in [-0.25, -0.2) is 0 Å². The van der Waals surface area contributed by atoms with E-state index in [4.69, 9.17) is 5.73 Å². The normalized spacial score (nSPS) is 11.3. The number of nitrogens with two attached hydrogens (primary N) is 1. The molecule has 0 fully saturated rings. The lowest BCUT2D eigenvalue weighted by molar-refractivity contribution is 1.17. The zero-order chi connectivity index (χ0) is 26.2. The molecule has 0 aliphatic carbocycles. The molecule has 0 aliphatic heterocycles. The minimum atomic E-state index is 0.787. The fourth-order valence-electron chi connectivity index (χ4n) is 5.44. The van der Waals surface area contributed by atoms with Crippen LogP contribution < -0.4 is 5.73 Å². The Balaban J connectivity index is 1.11. The van der Waals surface area contributed by atoms with Gasteiger partial charge in [-0.3, -0.25) is 4.98 Å². The van der Waals surface area contributed by atoms with Gasteiger partial charge in [0.1, 0.15) is 0 Å². The number of anilines is 1. The van der Waals surface area contributed by atoms with Crippen LogP contribution in [-0.2, 0) is 6.42 Å². The fraction of sp³-hybridized carbons (Fsp3) is 0.0278. The second-order valence-corrected chi connectivity index (χ2v) is 9.98. The molecule has 3 heteroatoms. The molecule has 0 unspecified atom stereocenters. The van der Waals surface area contributed by atoms with Gasteiger partial charge in [0.25, 0.3) is 0 Å². The number of nitrogens with zero attached hydrogens (tertiary/aromatic N) is 2. The molecule has 0 saturated heterocycles. The summed E-state index contributed by atoms with van der Waals surface area (Å²) in [5.74, 6) is 0. The maximum Gasteiger partial charge on any atom is 0.0724 e. The minimum absolute atomic E-state index is 0.787. The van der Waals surface area contributed by atoms with Gasteiger partial charge in [0.05, 0.1) is 17.2 Å². The minimum Gasteiger partial charge on any atom is -0.399 e. The molecule has 0 amide bonds. The molecule has 7 aromatic rings. The number of fused-ring (bicyclic) bond motifs is 3. The Morgan fingerprint density at radius 1 is 0.513 bits per heavy atom. The van der Waals surface area contributed by atoms with Crippen molar-refractivity contribution in [3.8, 4) is 27.9 Å². The monoisotopic (exact) mass is 501 g/mol. The number of hydrogen-bond acceptors (Lipinski definition) is 2. The van der Waals surface area contributed by atoms with Gasteiger partial charge in [0, 0.05) is 28.3 Å². The number of para-hydroxylation sites is 1.